The molecule has 3 aromatic carbocycles. The van der Waals surface area contributed by atoms with Crippen molar-refractivity contribution in [3.8, 4) is 11.4 Å². The van der Waals surface area contributed by atoms with Gasteiger partial charge in [-0.25, -0.2) is 15.0 Å². The highest BCUT2D eigenvalue weighted by molar-refractivity contribution is 5.93. The van der Waals surface area contributed by atoms with Crippen molar-refractivity contribution in [1.82, 2.24) is 29.1 Å². The lowest BCUT2D eigenvalue weighted by Crippen LogP contribution is -2.14. The van der Waals surface area contributed by atoms with Crippen LogP contribution in [0, 0.1) is 0 Å². The van der Waals surface area contributed by atoms with E-state index in [9.17, 15) is 0 Å². The lowest BCUT2D eigenvalue weighted by atomic mass is 9.90. The SMILES string of the molecule is c1ccc2c(c1)nc(C1CCCCCCC1)n2-c1ccc2[nH]c(C3CCCCCCCCC3)nc2c1-n1c(C2CCCCCCCC2)nc2ccccc21. The first-order chi connectivity index (χ1) is 26.8. The number of rotatable bonds is 5. The number of H-pyrrole nitrogens is 1. The van der Waals surface area contributed by atoms with Crippen LogP contribution in [-0.2, 0) is 0 Å². The molecule has 0 amide bonds. The summed E-state index contributed by atoms with van der Waals surface area (Å²) in [7, 11) is 0. The average molecular weight is 723 g/mol. The Morgan fingerprint density at radius 2 is 0.852 bits per heavy atom. The molecule has 3 aliphatic carbocycles. The minimum absolute atomic E-state index is 0.417. The molecule has 6 aromatic rings. The Balaban J connectivity index is 1.29. The van der Waals surface area contributed by atoms with Crippen LogP contribution < -0.4 is 0 Å². The zero-order valence-corrected chi connectivity index (χ0v) is 32.7. The molecule has 6 nitrogen and oxygen atoms in total. The minimum Gasteiger partial charge on any atom is -0.342 e. The van der Waals surface area contributed by atoms with Gasteiger partial charge in [-0.15, -0.1) is 0 Å². The molecule has 1 N–H and O–H groups in total. The molecule has 284 valence electrons. The summed E-state index contributed by atoms with van der Waals surface area (Å²) in [6.45, 7) is 0. The molecule has 3 fully saturated rings. The number of aromatic nitrogens is 6. The maximum Gasteiger partial charge on any atom is 0.117 e. The van der Waals surface area contributed by atoms with Crippen molar-refractivity contribution < 1.29 is 0 Å². The third kappa shape index (κ3) is 7.39. The van der Waals surface area contributed by atoms with Gasteiger partial charge in [0, 0.05) is 17.8 Å². The number of benzene rings is 3. The fourth-order valence-electron chi connectivity index (χ4n) is 10.5. The lowest BCUT2D eigenvalue weighted by molar-refractivity contribution is 0.440. The number of nitrogens with one attached hydrogen (secondary N) is 1. The first-order valence-electron chi connectivity index (χ1n) is 22.3. The summed E-state index contributed by atoms with van der Waals surface area (Å²) in [6, 6.07) is 22.5. The topological polar surface area (TPSA) is 64.3 Å². The maximum absolute atomic E-state index is 5.74. The van der Waals surface area contributed by atoms with E-state index in [1.807, 2.05) is 0 Å². The third-order valence-corrected chi connectivity index (χ3v) is 13.4. The largest absolute Gasteiger partial charge is 0.342 e. The van der Waals surface area contributed by atoms with Crippen molar-refractivity contribution in [2.24, 2.45) is 0 Å². The molecular formula is C48H62N6. The first-order valence-corrected chi connectivity index (χ1v) is 22.3. The number of fused-ring (bicyclic) bond motifs is 3. The van der Waals surface area contributed by atoms with Crippen molar-refractivity contribution in [3.63, 3.8) is 0 Å². The molecule has 3 aromatic heterocycles. The van der Waals surface area contributed by atoms with Crippen LogP contribution >= 0.6 is 0 Å². The van der Waals surface area contributed by atoms with Crippen molar-refractivity contribution in [2.75, 3.05) is 0 Å². The standard InChI is InChI=1S/C48H62N6/c1-2-7-13-23-35(24-14-8-3-1)46-49-40-33-34-43(53-41-31-21-19-29-38(41)50-47(53)36-25-17-11-6-12-18-26-36)45(44(40)52-46)54-42-32-22-20-30-39(42)51-48(54)37-27-15-9-4-5-10-16-28-37/h19-22,29-37H,1-18,23-28H2,(H,49,52). The summed E-state index contributed by atoms with van der Waals surface area (Å²) in [6.07, 6.45) is 31.2. The molecule has 0 radical (unpaired) electrons. The normalized spacial score (nSPS) is 20.1. The van der Waals surface area contributed by atoms with Crippen LogP contribution in [0.25, 0.3) is 44.5 Å². The van der Waals surface area contributed by atoms with Gasteiger partial charge < -0.3 is 4.98 Å². The monoisotopic (exact) mass is 723 g/mol. The summed E-state index contributed by atoms with van der Waals surface area (Å²) in [5, 5.41) is 0. The van der Waals surface area contributed by atoms with Crippen molar-refractivity contribution >= 4 is 33.1 Å². The highest BCUT2D eigenvalue weighted by atomic mass is 15.2. The Bertz CT molecular complexity index is 2120. The summed E-state index contributed by atoms with van der Waals surface area (Å²) >= 11 is 0. The summed E-state index contributed by atoms with van der Waals surface area (Å²) in [5.74, 6) is 4.97. The molecule has 0 aliphatic heterocycles. The number of aromatic amines is 1. The number of nitrogens with zero attached hydrogens (tertiary/aromatic N) is 5. The molecule has 3 saturated carbocycles. The van der Waals surface area contributed by atoms with E-state index >= 15 is 0 Å². The van der Waals surface area contributed by atoms with Gasteiger partial charge in [0.25, 0.3) is 0 Å². The minimum atomic E-state index is 0.417. The predicted molar refractivity (Wildman–Crippen MR) is 224 cm³/mol. The summed E-state index contributed by atoms with van der Waals surface area (Å²) in [5.41, 5.74) is 9.21. The molecule has 0 atom stereocenters. The van der Waals surface area contributed by atoms with Gasteiger partial charge in [0.1, 0.15) is 23.0 Å². The van der Waals surface area contributed by atoms with Crippen LogP contribution in [0.1, 0.15) is 189 Å². The maximum atomic E-state index is 5.74. The molecule has 0 saturated heterocycles. The van der Waals surface area contributed by atoms with Crippen molar-refractivity contribution in [3.05, 3.63) is 78.1 Å². The van der Waals surface area contributed by atoms with Gasteiger partial charge in [-0.2, -0.15) is 0 Å². The smallest absolute Gasteiger partial charge is 0.117 e. The quantitative estimate of drug-likeness (QED) is 0.193. The second kappa shape index (κ2) is 16.8. The summed E-state index contributed by atoms with van der Waals surface area (Å²) in [4.78, 5) is 20.8. The number of hydrogen-bond acceptors (Lipinski definition) is 3. The Morgan fingerprint density at radius 1 is 0.426 bits per heavy atom. The van der Waals surface area contributed by atoms with E-state index in [2.05, 4.69) is 74.8 Å². The van der Waals surface area contributed by atoms with Crippen LogP contribution in [0.5, 0.6) is 0 Å². The van der Waals surface area contributed by atoms with Gasteiger partial charge in [0.05, 0.1) is 39.0 Å². The highest BCUT2D eigenvalue weighted by Gasteiger charge is 2.30. The van der Waals surface area contributed by atoms with Gasteiger partial charge in [-0.3, -0.25) is 9.13 Å². The molecule has 54 heavy (non-hydrogen) atoms. The zero-order valence-electron chi connectivity index (χ0n) is 32.7. The zero-order chi connectivity index (χ0) is 36.1. The van der Waals surface area contributed by atoms with E-state index < -0.39 is 0 Å². The summed E-state index contributed by atoms with van der Waals surface area (Å²) < 4.78 is 5.15. The van der Waals surface area contributed by atoms with Crippen molar-refractivity contribution in [2.45, 2.75) is 172 Å². The van der Waals surface area contributed by atoms with Crippen LogP contribution in [-0.4, -0.2) is 29.1 Å². The van der Waals surface area contributed by atoms with Gasteiger partial charge in [-0.1, -0.05) is 140 Å². The second-order valence-corrected chi connectivity index (χ2v) is 17.2. The van der Waals surface area contributed by atoms with E-state index in [0.717, 1.165) is 22.1 Å². The van der Waals surface area contributed by atoms with Crippen LogP contribution in [0.3, 0.4) is 0 Å². The Labute approximate surface area is 322 Å². The predicted octanol–water partition coefficient (Wildman–Crippen LogP) is 13.9. The van der Waals surface area contributed by atoms with Crippen molar-refractivity contribution in [1.29, 1.82) is 0 Å². The highest BCUT2D eigenvalue weighted by Crippen LogP contribution is 2.42. The molecule has 3 heterocycles. The fourth-order valence-corrected chi connectivity index (χ4v) is 10.5. The van der Waals surface area contributed by atoms with Gasteiger partial charge >= 0.3 is 0 Å². The van der Waals surface area contributed by atoms with Gasteiger partial charge in [0.2, 0.25) is 0 Å². The number of hydrogen-bond donors (Lipinski definition) is 1. The molecule has 0 bridgehead atoms. The van der Waals surface area contributed by atoms with Crippen LogP contribution in [0.2, 0.25) is 0 Å². The van der Waals surface area contributed by atoms with Crippen LogP contribution in [0.15, 0.2) is 60.7 Å². The van der Waals surface area contributed by atoms with Gasteiger partial charge in [-0.05, 0) is 74.9 Å². The van der Waals surface area contributed by atoms with E-state index in [0.29, 0.717) is 17.8 Å². The van der Waals surface area contributed by atoms with E-state index in [1.165, 1.54) is 194 Å². The Hall–Kier alpha value is -3.93. The molecule has 0 unspecified atom stereocenters. The molecule has 9 rings (SSSR count). The lowest BCUT2D eigenvalue weighted by Gasteiger charge is -2.24. The fraction of sp³-hybridized carbons (Fsp3) is 0.562. The Kier molecular flexibility index (Phi) is 11.1. The van der Waals surface area contributed by atoms with Gasteiger partial charge in [0.15, 0.2) is 0 Å². The number of para-hydroxylation sites is 4. The van der Waals surface area contributed by atoms with E-state index in [1.54, 1.807) is 0 Å². The molecular weight excluding hydrogens is 661 g/mol. The number of imidazole rings is 3. The third-order valence-electron chi connectivity index (χ3n) is 13.4. The molecule has 0 spiro atoms. The molecule has 6 heteroatoms. The first kappa shape index (κ1) is 35.8. The van der Waals surface area contributed by atoms with Crippen LogP contribution in [0.4, 0.5) is 0 Å². The van der Waals surface area contributed by atoms with E-state index in [-0.39, 0.29) is 0 Å². The average Bonchev–Trinajstić information content (AvgIpc) is 3.92. The molecule has 3 aliphatic rings. The Morgan fingerprint density at radius 3 is 1.37 bits per heavy atom. The van der Waals surface area contributed by atoms with E-state index in [4.69, 9.17) is 15.0 Å². The second-order valence-electron chi connectivity index (χ2n) is 17.2.